The summed E-state index contributed by atoms with van der Waals surface area (Å²) in [7, 11) is 0. The van der Waals surface area contributed by atoms with Gasteiger partial charge in [-0.2, -0.15) is 5.10 Å². The quantitative estimate of drug-likeness (QED) is 0.562. The summed E-state index contributed by atoms with van der Waals surface area (Å²) < 4.78 is 0. The van der Waals surface area contributed by atoms with Gasteiger partial charge in [0, 0.05) is 0 Å². The van der Waals surface area contributed by atoms with Crippen LogP contribution in [0, 0.1) is 0 Å². The Balaban J connectivity index is 2.24. The summed E-state index contributed by atoms with van der Waals surface area (Å²) in [5.41, 5.74) is 0. The van der Waals surface area contributed by atoms with E-state index in [1.807, 2.05) is 0 Å². The molecular formula is C6H7N5O. The Kier molecular flexibility index (Phi) is 1.39. The van der Waals surface area contributed by atoms with Crippen LogP contribution in [-0.4, -0.2) is 28.4 Å². The van der Waals surface area contributed by atoms with E-state index in [0.29, 0.717) is 0 Å². The molecule has 0 saturated carbocycles. The first kappa shape index (κ1) is 6.96. The van der Waals surface area contributed by atoms with Gasteiger partial charge < -0.3 is 0 Å². The molecule has 0 bridgehead atoms. The highest BCUT2D eigenvalue weighted by atomic mass is 16.1. The molecule has 0 aromatic carbocycles. The number of Topliss-reactive ketones (excluding diaryl/α,β-unsaturated/α-hetero) is 1. The summed E-state index contributed by atoms with van der Waals surface area (Å²) in [6.07, 6.45) is 4.39. The molecule has 1 atom stereocenters. The van der Waals surface area contributed by atoms with Gasteiger partial charge >= 0.3 is 0 Å². The third kappa shape index (κ3) is 0.884. The topological polar surface area (TPSA) is 60.6 Å². The van der Waals surface area contributed by atoms with E-state index in [0.717, 1.165) is 0 Å². The highest BCUT2D eigenvalue weighted by molar-refractivity contribution is 5.81. The van der Waals surface area contributed by atoms with Crippen LogP contribution < -0.4 is 0 Å². The molecular weight excluding hydrogens is 158 g/mol. The van der Waals surface area contributed by atoms with Crippen LogP contribution in [0.25, 0.3) is 0 Å². The van der Waals surface area contributed by atoms with Gasteiger partial charge in [-0.3, -0.25) is 4.79 Å². The Labute approximate surface area is 68.8 Å². The van der Waals surface area contributed by atoms with Crippen LogP contribution in [0.4, 0.5) is 0 Å². The lowest BCUT2D eigenvalue weighted by Crippen LogP contribution is -2.38. The largest absolute Gasteiger partial charge is 0.295 e. The summed E-state index contributed by atoms with van der Waals surface area (Å²) in [6, 6.07) is 0. The molecule has 62 valence electrons. The zero-order valence-electron chi connectivity index (χ0n) is 6.45. The van der Waals surface area contributed by atoms with Gasteiger partial charge in [0.2, 0.25) is 6.17 Å². The monoisotopic (exact) mass is 165 g/mol. The minimum Gasteiger partial charge on any atom is -0.295 e. The van der Waals surface area contributed by atoms with Crippen molar-refractivity contribution in [2.45, 2.75) is 13.1 Å². The number of rotatable bonds is 1. The van der Waals surface area contributed by atoms with Crippen molar-refractivity contribution in [2.24, 2.45) is 15.4 Å². The normalized spacial score (nSPS) is 24.9. The summed E-state index contributed by atoms with van der Waals surface area (Å²) in [5, 5.41) is 14.2. The maximum atomic E-state index is 11.0. The number of nitrogens with zero attached hydrogens (tertiary/aromatic N) is 5. The van der Waals surface area contributed by atoms with Gasteiger partial charge in [0.1, 0.15) is 0 Å². The predicted octanol–water partition coefficient (Wildman–Crippen LogP) is 0.314. The van der Waals surface area contributed by atoms with E-state index >= 15 is 0 Å². The maximum absolute atomic E-state index is 11.0. The van der Waals surface area contributed by atoms with Crippen molar-refractivity contribution >= 4 is 12.0 Å². The number of carbonyl (C=O) groups excluding carboxylic acids is 1. The van der Waals surface area contributed by atoms with Crippen LogP contribution in [0.5, 0.6) is 0 Å². The molecule has 2 heterocycles. The number of carbonyl (C=O) groups is 1. The number of hydrogen-bond donors (Lipinski definition) is 0. The van der Waals surface area contributed by atoms with Crippen LogP contribution in [0.2, 0.25) is 0 Å². The molecule has 2 aliphatic heterocycles. The minimum atomic E-state index is -0.591. The SMILES string of the molecule is CC(=O)C1N=NN2C=CC=NN12. The number of hydrogen-bond acceptors (Lipinski definition) is 6. The molecule has 12 heavy (non-hydrogen) atoms. The summed E-state index contributed by atoms with van der Waals surface area (Å²) >= 11 is 0. The Hall–Kier alpha value is -1.72. The van der Waals surface area contributed by atoms with Crippen molar-refractivity contribution in [3.8, 4) is 0 Å². The van der Waals surface area contributed by atoms with E-state index in [9.17, 15) is 4.79 Å². The third-order valence-electron chi connectivity index (χ3n) is 1.54. The zero-order chi connectivity index (χ0) is 8.55. The van der Waals surface area contributed by atoms with Crippen LogP contribution in [0.15, 0.2) is 27.7 Å². The average molecular weight is 165 g/mol. The molecule has 1 unspecified atom stereocenters. The van der Waals surface area contributed by atoms with Gasteiger partial charge in [0.25, 0.3) is 0 Å². The van der Waals surface area contributed by atoms with Crippen molar-refractivity contribution in [1.29, 1.82) is 0 Å². The highest BCUT2D eigenvalue weighted by Gasteiger charge is 2.31. The van der Waals surface area contributed by atoms with Gasteiger partial charge in [-0.15, -0.1) is 15.4 Å². The molecule has 0 spiro atoms. The fraction of sp³-hybridized carbons (Fsp3) is 0.333. The number of ketones is 1. The van der Waals surface area contributed by atoms with Crippen molar-refractivity contribution in [3.63, 3.8) is 0 Å². The van der Waals surface area contributed by atoms with Crippen molar-refractivity contribution in [3.05, 3.63) is 12.3 Å². The molecule has 2 rings (SSSR count). The lowest BCUT2D eigenvalue weighted by atomic mass is 10.4. The smallest absolute Gasteiger partial charge is 0.240 e. The molecule has 6 heteroatoms. The van der Waals surface area contributed by atoms with E-state index in [1.54, 1.807) is 18.5 Å². The van der Waals surface area contributed by atoms with Crippen LogP contribution in [0.1, 0.15) is 6.92 Å². The first-order valence-corrected chi connectivity index (χ1v) is 3.49. The lowest BCUT2D eigenvalue weighted by Gasteiger charge is -2.23. The van der Waals surface area contributed by atoms with E-state index in [2.05, 4.69) is 15.4 Å². The van der Waals surface area contributed by atoms with Gasteiger partial charge in [0.05, 0.1) is 12.4 Å². The number of allylic oxidation sites excluding steroid dienone is 1. The van der Waals surface area contributed by atoms with Crippen LogP contribution in [-0.2, 0) is 4.79 Å². The number of hydrazone groups is 1. The van der Waals surface area contributed by atoms with Crippen LogP contribution in [0.3, 0.4) is 0 Å². The molecule has 0 saturated heterocycles. The van der Waals surface area contributed by atoms with Gasteiger partial charge in [-0.05, 0) is 18.2 Å². The zero-order valence-corrected chi connectivity index (χ0v) is 6.45. The van der Waals surface area contributed by atoms with E-state index in [-0.39, 0.29) is 5.78 Å². The first-order valence-electron chi connectivity index (χ1n) is 3.49. The summed E-state index contributed by atoms with van der Waals surface area (Å²) in [4.78, 5) is 11.0. The number of hydrazine groups is 1. The van der Waals surface area contributed by atoms with E-state index in [4.69, 9.17) is 0 Å². The van der Waals surface area contributed by atoms with Gasteiger partial charge in [0.15, 0.2) is 5.78 Å². The lowest BCUT2D eigenvalue weighted by molar-refractivity contribution is -0.125. The molecule has 0 aromatic rings. The second-order valence-corrected chi connectivity index (χ2v) is 2.44. The molecule has 2 aliphatic rings. The molecule has 6 nitrogen and oxygen atoms in total. The Morgan fingerprint density at radius 2 is 2.42 bits per heavy atom. The third-order valence-corrected chi connectivity index (χ3v) is 1.54. The molecule has 0 N–H and O–H groups in total. The maximum Gasteiger partial charge on any atom is 0.240 e. The fourth-order valence-electron chi connectivity index (χ4n) is 0.981. The summed E-state index contributed by atoms with van der Waals surface area (Å²) in [6.45, 7) is 1.46. The van der Waals surface area contributed by atoms with E-state index < -0.39 is 6.17 Å². The average Bonchev–Trinajstić information content (AvgIpc) is 2.47. The Bertz CT molecular complexity index is 294. The minimum absolute atomic E-state index is 0.0753. The second kappa shape index (κ2) is 2.40. The first-order chi connectivity index (χ1) is 5.79. The highest BCUT2D eigenvalue weighted by Crippen LogP contribution is 2.19. The van der Waals surface area contributed by atoms with Crippen molar-refractivity contribution < 1.29 is 4.79 Å². The molecule has 0 amide bonds. The predicted molar refractivity (Wildman–Crippen MR) is 40.6 cm³/mol. The van der Waals surface area contributed by atoms with Gasteiger partial charge in [-0.1, -0.05) is 0 Å². The molecule has 0 aliphatic carbocycles. The molecule has 0 radical (unpaired) electrons. The van der Waals surface area contributed by atoms with Gasteiger partial charge in [-0.25, -0.2) is 0 Å². The van der Waals surface area contributed by atoms with Crippen molar-refractivity contribution in [1.82, 2.24) is 10.2 Å². The van der Waals surface area contributed by atoms with E-state index in [1.165, 1.54) is 17.2 Å². The Morgan fingerprint density at radius 3 is 3.17 bits per heavy atom. The molecule has 0 aromatic heterocycles. The number of fused-ring (bicyclic) bond motifs is 1. The summed E-state index contributed by atoms with van der Waals surface area (Å²) in [5.74, 6) is -0.0753. The standard InChI is InChI=1S/C6H7N5O/c1-5(12)6-8-9-10-4-2-3-7-11(6)10/h2-4,6H,1H3. The fourth-order valence-corrected chi connectivity index (χ4v) is 0.981. The van der Waals surface area contributed by atoms with Crippen molar-refractivity contribution in [2.75, 3.05) is 0 Å². The second-order valence-electron chi connectivity index (χ2n) is 2.44. The van der Waals surface area contributed by atoms with Crippen LogP contribution >= 0.6 is 0 Å². The Morgan fingerprint density at radius 1 is 1.58 bits per heavy atom. The molecule has 0 fully saturated rings.